The number of rotatable bonds is 5. The van der Waals surface area contributed by atoms with Crippen molar-refractivity contribution in [1.29, 1.82) is 0 Å². The van der Waals surface area contributed by atoms with E-state index in [9.17, 15) is 0 Å². The van der Waals surface area contributed by atoms with Crippen molar-refractivity contribution in [3.63, 3.8) is 0 Å². The Morgan fingerprint density at radius 3 is 2.87 bits per heavy atom. The van der Waals surface area contributed by atoms with Crippen molar-refractivity contribution in [1.82, 2.24) is 5.32 Å². The summed E-state index contributed by atoms with van der Waals surface area (Å²) in [4.78, 5) is 0. The summed E-state index contributed by atoms with van der Waals surface area (Å²) in [5, 5.41) is 3.27. The van der Waals surface area contributed by atoms with Crippen LogP contribution in [0.15, 0.2) is 22.7 Å². The molecule has 0 heterocycles. The molecule has 0 amide bonds. The molecule has 0 spiro atoms. The molecule has 0 aromatic heterocycles. The molecule has 0 aliphatic heterocycles. The van der Waals surface area contributed by atoms with E-state index in [1.165, 1.54) is 9.13 Å². The fourth-order valence-corrected chi connectivity index (χ4v) is 2.44. The van der Waals surface area contributed by atoms with Crippen LogP contribution in [0, 0.1) is 3.57 Å². The smallest absolute Gasteiger partial charge is 0.0661 e. The van der Waals surface area contributed by atoms with Crippen molar-refractivity contribution < 1.29 is 4.74 Å². The number of hydrogen-bond acceptors (Lipinski definition) is 2. The summed E-state index contributed by atoms with van der Waals surface area (Å²) in [7, 11) is 1.96. The minimum atomic E-state index is 0.259. The van der Waals surface area contributed by atoms with E-state index in [1.54, 1.807) is 0 Å². The fraction of sp³-hybridized carbons (Fsp3) is 0.455. The predicted molar refractivity (Wildman–Crippen MR) is 75.2 cm³/mol. The van der Waals surface area contributed by atoms with Gasteiger partial charge in [0.2, 0.25) is 0 Å². The molecule has 1 aromatic carbocycles. The standard InChI is InChI=1S/C11H15BrINO/c1-3-15-7-11(14-2)9-6-8(12)4-5-10(9)13/h4-6,11,14H,3,7H2,1-2H3. The first-order valence-corrected chi connectivity index (χ1v) is 6.76. The van der Waals surface area contributed by atoms with E-state index in [-0.39, 0.29) is 6.04 Å². The monoisotopic (exact) mass is 383 g/mol. The van der Waals surface area contributed by atoms with Gasteiger partial charge in [0.05, 0.1) is 12.6 Å². The molecule has 0 saturated heterocycles. The maximum Gasteiger partial charge on any atom is 0.0661 e. The lowest BCUT2D eigenvalue weighted by molar-refractivity contribution is 0.125. The molecule has 0 aliphatic carbocycles. The zero-order valence-electron chi connectivity index (χ0n) is 8.89. The van der Waals surface area contributed by atoms with Crippen LogP contribution in [-0.4, -0.2) is 20.3 Å². The van der Waals surface area contributed by atoms with Gasteiger partial charge in [0.15, 0.2) is 0 Å². The lowest BCUT2D eigenvalue weighted by Gasteiger charge is -2.18. The molecule has 0 saturated carbocycles. The van der Waals surface area contributed by atoms with Crippen LogP contribution in [-0.2, 0) is 4.74 Å². The average Bonchev–Trinajstić information content (AvgIpc) is 2.24. The van der Waals surface area contributed by atoms with Gasteiger partial charge in [0.1, 0.15) is 0 Å². The first kappa shape index (κ1) is 13.4. The molecule has 0 bridgehead atoms. The van der Waals surface area contributed by atoms with Gasteiger partial charge in [-0.15, -0.1) is 0 Å². The minimum absolute atomic E-state index is 0.259. The molecular weight excluding hydrogens is 369 g/mol. The first-order chi connectivity index (χ1) is 7.19. The van der Waals surface area contributed by atoms with Gasteiger partial charge < -0.3 is 10.1 Å². The largest absolute Gasteiger partial charge is 0.380 e. The molecule has 84 valence electrons. The van der Waals surface area contributed by atoms with E-state index in [4.69, 9.17) is 4.74 Å². The molecule has 1 aromatic rings. The Labute approximate surface area is 113 Å². The predicted octanol–water partition coefficient (Wildman–Crippen LogP) is 3.35. The average molecular weight is 384 g/mol. The molecule has 4 heteroatoms. The summed E-state index contributed by atoms with van der Waals surface area (Å²) in [6.45, 7) is 3.47. The highest BCUT2D eigenvalue weighted by Crippen LogP contribution is 2.24. The summed E-state index contributed by atoms with van der Waals surface area (Å²) >= 11 is 5.84. The number of benzene rings is 1. The second-order valence-electron chi connectivity index (χ2n) is 3.17. The quantitative estimate of drug-likeness (QED) is 0.787. The van der Waals surface area contributed by atoms with Crippen LogP contribution in [0.5, 0.6) is 0 Å². The van der Waals surface area contributed by atoms with E-state index in [1.807, 2.05) is 14.0 Å². The van der Waals surface area contributed by atoms with Gasteiger partial charge in [-0.05, 0) is 60.3 Å². The van der Waals surface area contributed by atoms with E-state index < -0.39 is 0 Å². The number of likely N-dealkylation sites (N-methyl/N-ethyl adjacent to an activating group) is 1. The molecule has 1 atom stereocenters. The van der Waals surface area contributed by atoms with Crippen LogP contribution in [0.2, 0.25) is 0 Å². The van der Waals surface area contributed by atoms with Crippen molar-refractivity contribution in [3.8, 4) is 0 Å². The maximum atomic E-state index is 5.45. The third-order valence-electron chi connectivity index (χ3n) is 2.17. The Morgan fingerprint density at radius 2 is 2.27 bits per heavy atom. The Hall–Kier alpha value is 0.350. The van der Waals surface area contributed by atoms with Gasteiger partial charge >= 0.3 is 0 Å². The van der Waals surface area contributed by atoms with Crippen molar-refractivity contribution in [3.05, 3.63) is 31.8 Å². The third-order valence-corrected chi connectivity index (χ3v) is 3.65. The maximum absolute atomic E-state index is 5.45. The molecule has 0 fully saturated rings. The highest BCUT2D eigenvalue weighted by molar-refractivity contribution is 14.1. The van der Waals surface area contributed by atoms with Crippen molar-refractivity contribution >= 4 is 38.5 Å². The Balaban J connectivity index is 2.85. The van der Waals surface area contributed by atoms with Crippen LogP contribution < -0.4 is 5.32 Å². The third kappa shape index (κ3) is 4.01. The Morgan fingerprint density at radius 1 is 1.53 bits per heavy atom. The van der Waals surface area contributed by atoms with Gasteiger partial charge in [-0.25, -0.2) is 0 Å². The van der Waals surface area contributed by atoms with E-state index in [0.29, 0.717) is 6.61 Å². The zero-order valence-corrected chi connectivity index (χ0v) is 12.6. The molecule has 2 nitrogen and oxygen atoms in total. The second-order valence-corrected chi connectivity index (χ2v) is 5.24. The summed E-state index contributed by atoms with van der Waals surface area (Å²) in [6, 6.07) is 6.56. The van der Waals surface area contributed by atoms with Gasteiger partial charge in [0, 0.05) is 14.6 Å². The minimum Gasteiger partial charge on any atom is -0.380 e. The summed E-state index contributed by atoms with van der Waals surface area (Å²) in [5.41, 5.74) is 1.28. The van der Waals surface area contributed by atoms with Gasteiger partial charge in [-0.2, -0.15) is 0 Å². The summed E-state index contributed by atoms with van der Waals surface area (Å²) in [6.07, 6.45) is 0. The van der Waals surface area contributed by atoms with Crippen LogP contribution in [0.4, 0.5) is 0 Å². The fourth-order valence-electron chi connectivity index (χ4n) is 1.35. The second kappa shape index (κ2) is 6.83. The number of nitrogens with one attached hydrogen (secondary N) is 1. The highest BCUT2D eigenvalue weighted by Gasteiger charge is 2.12. The zero-order chi connectivity index (χ0) is 11.3. The number of halogens is 2. The van der Waals surface area contributed by atoms with E-state index in [0.717, 1.165) is 11.1 Å². The molecule has 1 rings (SSSR count). The molecular formula is C11H15BrINO. The van der Waals surface area contributed by atoms with E-state index >= 15 is 0 Å². The van der Waals surface area contributed by atoms with Crippen LogP contribution in [0.1, 0.15) is 18.5 Å². The number of ether oxygens (including phenoxy) is 1. The van der Waals surface area contributed by atoms with Crippen LogP contribution in [0.25, 0.3) is 0 Å². The van der Waals surface area contributed by atoms with Gasteiger partial charge in [0.25, 0.3) is 0 Å². The molecule has 15 heavy (non-hydrogen) atoms. The SMILES string of the molecule is CCOCC(NC)c1cc(Br)ccc1I. The summed E-state index contributed by atoms with van der Waals surface area (Å²) < 4.78 is 7.82. The van der Waals surface area contributed by atoms with Crippen LogP contribution >= 0.6 is 38.5 Å². The van der Waals surface area contributed by atoms with E-state index in [2.05, 4.69) is 62.0 Å². The Kier molecular flexibility index (Phi) is 6.11. The van der Waals surface area contributed by atoms with Crippen molar-refractivity contribution in [2.45, 2.75) is 13.0 Å². The highest BCUT2D eigenvalue weighted by atomic mass is 127. The lowest BCUT2D eigenvalue weighted by Crippen LogP contribution is -2.22. The molecule has 1 N–H and O–H groups in total. The molecule has 0 aliphatic rings. The molecule has 1 unspecified atom stereocenters. The summed E-state index contributed by atoms with van der Waals surface area (Å²) in [5.74, 6) is 0. The first-order valence-electron chi connectivity index (χ1n) is 4.89. The Bertz CT molecular complexity index is 319. The van der Waals surface area contributed by atoms with Gasteiger partial charge in [-0.3, -0.25) is 0 Å². The normalized spacial score (nSPS) is 12.8. The van der Waals surface area contributed by atoms with Gasteiger partial charge in [-0.1, -0.05) is 15.9 Å². The lowest BCUT2D eigenvalue weighted by atomic mass is 10.1. The number of hydrogen-bond donors (Lipinski definition) is 1. The topological polar surface area (TPSA) is 21.3 Å². The molecule has 0 radical (unpaired) electrons. The van der Waals surface area contributed by atoms with Crippen molar-refractivity contribution in [2.75, 3.05) is 20.3 Å². The van der Waals surface area contributed by atoms with Crippen LogP contribution in [0.3, 0.4) is 0 Å². The van der Waals surface area contributed by atoms with Crippen molar-refractivity contribution in [2.24, 2.45) is 0 Å².